The second-order valence-electron chi connectivity index (χ2n) is 4.71. The minimum absolute atomic E-state index is 0.669. The van der Waals surface area contributed by atoms with Gasteiger partial charge in [-0.25, -0.2) is 0 Å². The normalized spacial score (nSPS) is 13.0. The van der Waals surface area contributed by atoms with Crippen LogP contribution in [0.4, 0.5) is 0 Å². The topological polar surface area (TPSA) is 0 Å². The van der Waals surface area contributed by atoms with Crippen molar-refractivity contribution in [3.05, 3.63) is 0 Å². The van der Waals surface area contributed by atoms with Gasteiger partial charge >= 0.3 is 0 Å². The van der Waals surface area contributed by atoms with Crippen LogP contribution in [0, 0.1) is 0 Å². The summed E-state index contributed by atoms with van der Waals surface area (Å²) in [4.78, 5) is 0. The van der Waals surface area contributed by atoms with Gasteiger partial charge in [-0.3, -0.25) is 0 Å². The summed E-state index contributed by atoms with van der Waals surface area (Å²) in [5.41, 5.74) is 0. The van der Waals surface area contributed by atoms with Crippen molar-refractivity contribution in [2.75, 3.05) is 0 Å². The molecule has 0 aromatic carbocycles. The predicted octanol–water partition coefficient (Wildman–Crippen LogP) is 5.62. The van der Waals surface area contributed by atoms with E-state index in [1.807, 2.05) is 0 Å². The molecule has 1 unspecified atom stereocenters. The van der Waals surface area contributed by atoms with E-state index in [1.54, 1.807) is 0 Å². The molecule has 0 aromatic rings. The first-order chi connectivity index (χ1) is 7.31. The van der Waals surface area contributed by atoms with Crippen molar-refractivity contribution in [2.24, 2.45) is 0 Å². The maximum Gasteiger partial charge on any atom is 0.00168 e. The molecule has 0 saturated carbocycles. The SMILES string of the molecule is CCCCCCCCC(S)CCCCC. The Balaban J connectivity index is 3.06. The lowest BCUT2D eigenvalue weighted by atomic mass is 10.0. The number of thiol groups is 1. The van der Waals surface area contributed by atoms with Crippen molar-refractivity contribution in [1.82, 2.24) is 0 Å². The van der Waals surface area contributed by atoms with Crippen molar-refractivity contribution in [2.45, 2.75) is 89.7 Å². The largest absolute Gasteiger partial charge is 0.176 e. The molecule has 0 heterocycles. The molecule has 0 amide bonds. The molecule has 0 bridgehead atoms. The van der Waals surface area contributed by atoms with Crippen LogP contribution in [0.2, 0.25) is 0 Å². The van der Waals surface area contributed by atoms with Gasteiger partial charge in [0.05, 0.1) is 0 Å². The highest BCUT2D eigenvalue weighted by Gasteiger charge is 2.01. The standard InChI is InChI=1S/C14H30S/c1-3-5-7-8-9-11-13-14(15)12-10-6-4-2/h14-15H,3-13H2,1-2H3. The highest BCUT2D eigenvalue weighted by Crippen LogP contribution is 2.16. The lowest BCUT2D eigenvalue weighted by Crippen LogP contribution is -1.98. The van der Waals surface area contributed by atoms with Gasteiger partial charge in [-0.05, 0) is 12.8 Å². The number of hydrogen-bond acceptors (Lipinski definition) is 1. The summed E-state index contributed by atoms with van der Waals surface area (Å²) in [6, 6.07) is 0. The second kappa shape index (κ2) is 12.4. The van der Waals surface area contributed by atoms with E-state index in [-0.39, 0.29) is 0 Å². The molecule has 92 valence electrons. The summed E-state index contributed by atoms with van der Waals surface area (Å²) in [6.07, 6.45) is 15.2. The molecule has 1 heteroatoms. The summed E-state index contributed by atoms with van der Waals surface area (Å²) < 4.78 is 0. The van der Waals surface area contributed by atoms with E-state index >= 15 is 0 Å². The van der Waals surface area contributed by atoms with E-state index in [4.69, 9.17) is 0 Å². The van der Waals surface area contributed by atoms with Crippen molar-refractivity contribution in [3.8, 4) is 0 Å². The molecule has 0 fully saturated rings. The zero-order chi connectivity index (χ0) is 11.4. The van der Waals surface area contributed by atoms with Crippen molar-refractivity contribution in [3.63, 3.8) is 0 Å². The Morgan fingerprint density at radius 1 is 0.667 bits per heavy atom. The summed E-state index contributed by atoms with van der Waals surface area (Å²) in [5, 5.41) is 0.669. The number of unbranched alkanes of at least 4 members (excludes halogenated alkanes) is 7. The number of hydrogen-bond donors (Lipinski definition) is 1. The van der Waals surface area contributed by atoms with Crippen LogP contribution < -0.4 is 0 Å². The molecule has 0 nitrogen and oxygen atoms in total. The Kier molecular flexibility index (Phi) is 12.7. The molecule has 0 aliphatic rings. The van der Waals surface area contributed by atoms with E-state index in [1.165, 1.54) is 70.6 Å². The highest BCUT2D eigenvalue weighted by atomic mass is 32.1. The molecule has 0 radical (unpaired) electrons. The van der Waals surface area contributed by atoms with Crippen LogP contribution in [0.5, 0.6) is 0 Å². The molecule has 0 rings (SSSR count). The van der Waals surface area contributed by atoms with Crippen molar-refractivity contribution in [1.29, 1.82) is 0 Å². The van der Waals surface area contributed by atoms with Gasteiger partial charge in [0.2, 0.25) is 0 Å². The molecular weight excluding hydrogens is 200 g/mol. The van der Waals surface area contributed by atoms with E-state index in [2.05, 4.69) is 26.5 Å². The minimum atomic E-state index is 0.669. The Hall–Kier alpha value is 0.350. The molecular formula is C14H30S. The molecule has 0 N–H and O–H groups in total. The maximum absolute atomic E-state index is 4.65. The third-order valence-electron chi connectivity index (χ3n) is 3.03. The van der Waals surface area contributed by atoms with E-state index in [9.17, 15) is 0 Å². The monoisotopic (exact) mass is 230 g/mol. The summed E-state index contributed by atoms with van der Waals surface area (Å²) in [7, 11) is 0. The van der Waals surface area contributed by atoms with Gasteiger partial charge in [0, 0.05) is 5.25 Å². The van der Waals surface area contributed by atoms with Gasteiger partial charge in [0.1, 0.15) is 0 Å². The molecule has 0 aliphatic carbocycles. The minimum Gasteiger partial charge on any atom is -0.176 e. The zero-order valence-electron chi connectivity index (χ0n) is 10.8. The fourth-order valence-corrected chi connectivity index (χ4v) is 2.30. The second-order valence-corrected chi connectivity index (χ2v) is 5.44. The Morgan fingerprint density at radius 2 is 1.07 bits per heavy atom. The average Bonchev–Trinajstić information content (AvgIpc) is 2.23. The van der Waals surface area contributed by atoms with E-state index in [0.29, 0.717) is 5.25 Å². The zero-order valence-corrected chi connectivity index (χ0v) is 11.7. The quantitative estimate of drug-likeness (QED) is 0.346. The van der Waals surface area contributed by atoms with Crippen LogP contribution in [-0.4, -0.2) is 5.25 Å². The van der Waals surface area contributed by atoms with Crippen LogP contribution >= 0.6 is 12.6 Å². The summed E-state index contributed by atoms with van der Waals surface area (Å²) >= 11 is 4.65. The third-order valence-corrected chi connectivity index (χ3v) is 3.55. The molecule has 0 aromatic heterocycles. The Morgan fingerprint density at radius 3 is 1.67 bits per heavy atom. The lowest BCUT2D eigenvalue weighted by Gasteiger charge is -2.09. The van der Waals surface area contributed by atoms with Gasteiger partial charge in [0.25, 0.3) is 0 Å². The van der Waals surface area contributed by atoms with Crippen LogP contribution in [0.1, 0.15) is 84.5 Å². The van der Waals surface area contributed by atoms with Crippen LogP contribution in [0.3, 0.4) is 0 Å². The van der Waals surface area contributed by atoms with Crippen molar-refractivity contribution >= 4 is 12.6 Å². The number of rotatable bonds is 11. The Bertz CT molecular complexity index is 112. The van der Waals surface area contributed by atoms with Crippen LogP contribution in [0.15, 0.2) is 0 Å². The first-order valence-electron chi connectivity index (χ1n) is 6.99. The fourth-order valence-electron chi connectivity index (χ4n) is 1.93. The fraction of sp³-hybridized carbons (Fsp3) is 1.00. The van der Waals surface area contributed by atoms with Gasteiger partial charge in [-0.1, -0.05) is 71.6 Å². The van der Waals surface area contributed by atoms with Gasteiger partial charge in [-0.2, -0.15) is 12.6 Å². The Labute approximate surface area is 103 Å². The van der Waals surface area contributed by atoms with Crippen LogP contribution in [0.25, 0.3) is 0 Å². The van der Waals surface area contributed by atoms with E-state index < -0.39 is 0 Å². The molecule has 1 atom stereocenters. The molecule has 0 saturated heterocycles. The highest BCUT2D eigenvalue weighted by molar-refractivity contribution is 7.80. The third kappa shape index (κ3) is 12.3. The molecule has 0 aliphatic heterocycles. The average molecular weight is 230 g/mol. The lowest BCUT2D eigenvalue weighted by molar-refractivity contribution is 0.557. The predicted molar refractivity (Wildman–Crippen MR) is 74.9 cm³/mol. The van der Waals surface area contributed by atoms with E-state index in [0.717, 1.165) is 0 Å². The molecule has 15 heavy (non-hydrogen) atoms. The maximum atomic E-state index is 4.65. The van der Waals surface area contributed by atoms with Gasteiger partial charge in [0.15, 0.2) is 0 Å². The van der Waals surface area contributed by atoms with Crippen LogP contribution in [-0.2, 0) is 0 Å². The first-order valence-corrected chi connectivity index (χ1v) is 7.51. The molecule has 0 spiro atoms. The summed E-state index contributed by atoms with van der Waals surface area (Å²) in [5.74, 6) is 0. The first kappa shape index (κ1) is 15.3. The van der Waals surface area contributed by atoms with Crippen molar-refractivity contribution < 1.29 is 0 Å². The van der Waals surface area contributed by atoms with Gasteiger partial charge in [-0.15, -0.1) is 0 Å². The smallest absolute Gasteiger partial charge is 0.00168 e. The summed E-state index contributed by atoms with van der Waals surface area (Å²) in [6.45, 7) is 4.54. The van der Waals surface area contributed by atoms with Gasteiger partial charge < -0.3 is 0 Å².